The predicted molar refractivity (Wildman–Crippen MR) is 87.3 cm³/mol. The van der Waals surface area contributed by atoms with Crippen LogP contribution in [0.3, 0.4) is 0 Å². The van der Waals surface area contributed by atoms with Crippen LogP contribution < -0.4 is 9.47 Å². The van der Waals surface area contributed by atoms with Crippen molar-refractivity contribution in [1.82, 2.24) is 0 Å². The third kappa shape index (κ3) is 3.13. The summed E-state index contributed by atoms with van der Waals surface area (Å²) in [5.74, 6) is 1.29. The van der Waals surface area contributed by atoms with Crippen LogP contribution in [0.1, 0.15) is 17.5 Å². The van der Waals surface area contributed by atoms with Gasteiger partial charge in [-0.2, -0.15) is 0 Å². The average molecular weight is 308 g/mol. The van der Waals surface area contributed by atoms with Crippen LogP contribution in [-0.4, -0.2) is 20.1 Å². The van der Waals surface area contributed by atoms with Crippen LogP contribution in [0.4, 0.5) is 0 Å². The lowest BCUT2D eigenvalue weighted by Crippen LogP contribution is -2.03. The van der Waals surface area contributed by atoms with Gasteiger partial charge in [-0.15, -0.1) is 10.2 Å². The number of carbonyl (C=O) groups is 1. The molecule has 23 heavy (non-hydrogen) atoms. The molecule has 3 rings (SSSR count). The molecule has 0 bridgehead atoms. The Hall–Kier alpha value is -2.95. The van der Waals surface area contributed by atoms with Crippen LogP contribution in [0.25, 0.3) is 11.3 Å². The van der Waals surface area contributed by atoms with Gasteiger partial charge in [0.25, 0.3) is 5.91 Å². The highest BCUT2D eigenvalue weighted by Crippen LogP contribution is 2.34. The van der Waals surface area contributed by atoms with Gasteiger partial charge in [0.1, 0.15) is 11.5 Å². The maximum atomic E-state index is 11.7. The molecule has 2 aromatic rings. The second kappa shape index (κ2) is 6.44. The van der Waals surface area contributed by atoms with Crippen molar-refractivity contribution < 1.29 is 14.3 Å². The lowest BCUT2D eigenvalue weighted by Gasteiger charge is -2.15. The van der Waals surface area contributed by atoms with E-state index in [0.717, 1.165) is 28.2 Å². The molecule has 0 N–H and O–H groups in total. The lowest BCUT2D eigenvalue weighted by molar-refractivity contribution is -0.117. The first-order chi connectivity index (χ1) is 11.2. The second-order valence-corrected chi connectivity index (χ2v) is 5.05. The molecule has 0 fully saturated rings. The fourth-order valence-electron chi connectivity index (χ4n) is 2.45. The molecule has 5 nitrogen and oxygen atoms in total. The Labute approximate surface area is 134 Å². The van der Waals surface area contributed by atoms with E-state index in [1.807, 2.05) is 48.5 Å². The molecule has 2 aromatic carbocycles. The number of benzene rings is 2. The molecule has 0 radical (unpaired) electrons. The van der Waals surface area contributed by atoms with Crippen molar-refractivity contribution in [2.75, 3.05) is 14.2 Å². The van der Waals surface area contributed by atoms with Crippen LogP contribution in [0.15, 0.2) is 58.8 Å². The van der Waals surface area contributed by atoms with Crippen LogP contribution >= 0.6 is 0 Å². The van der Waals surface area contributed by atoms with E-state index in [4.69, 9.17) is 9.47 Å². The molecular weight excluding hydrogens is 292 g/mol. The monoisotopic (exact) mass is 308 g/mol. The Kier molecular flexibility index (Phi) is 4.19. The molecule has 1 amide bonds. The van der Waals surface area contributed by atoms with E-state index in [-0.39, 0.29) is 12.3 Å². The van der Waals surface area contributed by atoms with Crippen molar-refractivity contribution >= 4 is 17.2 Å². The summed E-state index contributed by atoms with van der Waals surface area (Å²) in [5, 5.41) is 7.83. The largest absolute Gasteiger partial charge is 0.497 e. The number of carbonyl (C=O) groups excluding carboxylic acids is 1. The molecule has 1 aliphatic heterocycles. The summed E-state index contributed by atoms with van der Waals surface area (Å²) < 4.78 is 10.3. The van der Waals surface area contributed by atoms with Crippen molar-refractivity contribution in [3.8, 4) is 11.5 Å². The van der Waals surface area contributed by atoms with Gasteiger partial charge in [-0.3, -0.25) is 4.79 Å². The fraction of sp³-hybridized carbons (Fsp3) is 0.167. The number of amides is 1. The highest BCUT2D eigenvalue weighted by molar-refractivity contribution is 6.01. The van der Waals surface area contributed by atoms with E-state index in [1.165, 1.54) is 0 Å². The van der Waals surface area contributed by atoms with Crippen LogP contribution in [0.5, 0.6) is 11.5 Å². The molecule has 0 spiro atoms. The van der Waals surface area contributed by atoms with Gasteiger partial charge in [-0.1, -0.05) is 12.1 Å². The molecule has 116 valence electrons. The lowest BCUT2D eigenvalue weighted by atomic mass is 9.96. The first kappa shape index (κ1) is 15.0. The number of ether oxygens (including phenoxy) is 2. The molecule has 0 saturated heterocycles. The van der Waals surface area contributed by atoms with Gasteiger partial charge in [0.05, 0.1) is 26.3 Å². The molecule has 0 aromatic heterocycles. The van der Waals surface area contributed by atoms with Gasteiger partial charge < -0.3 is 9.47 Å². The van der Waals surface area contributed by atoms with Crippen LogP contribution in [0.2, 0.25) is 0 Å². The summed E-state index contributed by atoms with van der Waals surface area (Å²) in [4.78, 5) is 11.7. The molecule has 1 heterocycles. The summed E-state index contributed by atoms with van der Waals surface area (Å²) >= 11 is 0. The zero-order chi connectivity index (χ0) is 16.2. The van der Waals surface area contributed by atoms with Gasteiger partial charge in [0, 0.05) is 5.56 Å². The summed E-state index contributed by atoms with van der Waals surface area (Å²) in [7, 11) is 3.24. The zero-order valence-corrected chi connectivity index (χ0v) is 12.9. The molecular formula is C18H16N2O3. The van der Waals surface area contributed by atoms with E-state index in [0.29, 0.717) is 5.70 Å². The number of azo groups is 1. The average Bonchev–Trinajstić information content (AvgIpc) is 2.62. The van der Waals surface area contributed by atoms with Crippen molar-refractivity contribution in [2.45, 2.75) is 6.42 Å². The van der Waals surface area contributed by atoms with E-state index < -0.39 is 0 Å². The third-order valence-electron chi connectivity index (χ3n) is 3.68. The molecule has 0 atom stereocenters. The van der Waals surface area contributed by atoms with Crippen molar-refractivity contribution in [3.63, 3.8) is 0 Å². The van der Waals surface area contributed by atoms with Crippen LogP contribution in [0, 0.1) is 0 Å². The normalized spacial score (nSPS) is 14.1. The summed E-state index contributed by atoms with van der Waals surface area (Å²) in [6, 6.07) is 15.1. The molecule has 1 aliphatic rings. The fourth-order valence-corrected chi connectivity index (χ4v) is 2.45. The summed E-state index contributed by atoms with van der Waals surface area (Å²) in [5.41, 5.74) is 3.40. The van der Waals surface area contributed by atoms with Crippen molar-refractivity contribution in [1.29, 1.82) is 0 Å². The number of hydrogen-bond donors (Lipinski definition) is 0. The minimum absolute atomic E-state index is 0.233. The molecule has 0 saturated carbocycles. The minimum Gasteiger partial charge on any atom is -0.497 e. The van der Waals surface area contributed by atoms with E-state index in [2.05, 4.69) is 10.2 Å². The smallest absolute Gasteiger partial charge is 0.269 e. The number of hydrogen-bond acceptors (Lipinski definition) is 4. The van der Waals surface area contributed by atoms with E-state index >= 15 is 0 Å². The Morgan fingerprint density at radius 1 is 0.783 bits per heavy atom. The Balaban J connectivity index is 2.06. The zero-order valence-electron chi connectivity index (χ0n) is 12.9. The predicted octanol–water partition coefficient (Wildman–Crippen LogP) is 3.95. The van der Waals surface area contributed by atoms with Gasteiger partial charge in [-0.25, -0.2) is 0 Å². The van der Waals surface area contributed by atoms with E-state index in [1.54, 1.807) is 14.2 Å². The SMILES string of the molecule is COc1ccc(C2=C(c3ccc(OC)cc3)N=NC(=O)C2)cc1. The minimum atomic E-state index is -0.243. The Bertz CT molecular complexity index is 775. The Morgan fingerprint density at radius 2 is 1.30 bits per heavy atom. The first-order valence-corrected chi connectivity index (χ1v) is 7.18. The first-order valence-electron chi connectivity index (χ1n) is 7.18. The van der Waals surface area contributed by atoms with Gasteiger partial charge in [-0.05, 0) is 47.5 Å². The van der Waals surface area contributed by atoms with Crippen LogP contribution in [-0.2, 0) is 4.79 Å². The maximum absolute atomic E-state index is 11.7. The van der Waals surface area contributed by atoms with Crippen molar-refractivity contribution in [2.24, 2.45) is 10.2 Å². The standard InChI is InChI=1S/C18H16N2O3/c1-22-14-7-3-12(4-8-14)16-11-17(21)19-20-18(16)13-5-9-15(23-2)10-6-13/h3-10H,11H2,1-2H3. The molecule has 5 heteroatoms. The van der Waals surface area contributed by atoms with Crippen molar-refractivity contribution in [3.05, 3.63) is 59.7 Å². The number of rotatable bonds is 4. The highest BCUT2D eigenvalue weighted by atomic mass is 16.5. The highest BCUT2D eigenvalue weighted by Gasteiger charge is 2.19. The molecule has 0 aliphatic carbocycles. The van der Waals surface area contributed by atoms with Gasteiger partial charge in [0.2, 0.25) is 0 Å². The van der Waals surface area contributed by atoms with E-state index in [9.17, 15) is 4.79 Å². The van der Waals surface area contributed by atoms with Gasteiger partial charge >= 0.3 is 0 Å². The quantitative estimate of drug-likeness (QED) is 0.859. The number of methoxy groups -OCH3 is 2. The summed E-state index contributed by atoms with van der Waals surface area (Å²) in [6.07, 6.45) is 0.233. The van der Waals surface area contributed by atoms with Gasteiger partial charge in [0.15, 0.2) is 0 Å². The maximum Gasteiger partial charge on any atom is 0.269 e. The third-order valence-corrected chi connectivity index (χ3v) is 3.68. The number of nitrogens with zero attached hydrogens (tertiary/aromatic N) is 2. The summed E-state index contributed by atoms with van der Waals surface area (Å²) in [6.45, 7) is 0. The topological polar surface area (TPSA) is 60.2 Å². The second-order valence-electron chi connectivity index (χ2n) is 5.05. The molecule has 0 unspecified atom stereocenters. The Morgan fingerprint density at radius 3 is 1.83 bits per heavy atom.